The van der Waals surface area contributed by atoms with E-state index in [9.17, 15) is 0 Å². The van der Waals surface area contributed by atoms with Crippen LogP contribution in [0.25, 0.3) is 0 Å². The molecule has 0 aliphatic carbocycles. The molecule has 2 rings (SSSR count). The number of morpholine rings is 1. The molecule has 0 aromatic carbocycles. The fraction of sp³-hybridized carbons (Fsp3) is 0.643. The van der Waals surface area contributed by atoms with E-state index in [4.69, 9.17) is 4.74 Å². The van der Waals surface area contributed by atoms with Crippen LogP contribution in [0, 0.1) is 0 Å². The minimum Gasteiger partial charge on any atom is -0.381 e. The van der Waals surface area contributed by atoms with Crippen LogP contribution in [0.1, 0.15) is 13.3 Å². The predicted molar refractivity (Wildman–Crippen MR) is 78.9 cm³/mol. The molecule has 0 spiro atoms. The van der Waals surface area contributed by atoms with Crippen molar-refractivity contribution in [3.8, 4) is 0 Å². The zero-order valence-electron chi connectivity index (χ0n) is 12.0. The second kappa shape index (κ2) is 6.73. The van der Waals surface area contributed by atoms with Crippen molar-refractivity contribution in [2.75, 3.05) is 44.1 Å². The van der Waals surface area contributed by atoms with Gasteiger partial charge in [-0.25, -0.2) is 4.98 Å². The van der Waals surface area contributed by atoms with Crippen LogP contribution in [-0.4, -0.2) is 50.9 Å². The summed E-state index contributed by atoms with van der Waals surface area (Å²) in [4.78, 5) is 6.40. The van der Waals surface area contributed by atoms with Gasteiger partial charge in [-0.1, -0.05) is 0 Å². The van der Waals surface area contributed by atoms with Gasteiger partial charge < -0.3 is 20.3 Å². The Morgan fingerprint density at radius 3 is 2.95 bits per heavy atom. The molecule has 5 nitrogen and oxygen atoms in total. The quantitative estimate of drug-likeness (QED) is 0.840. The summed E-state index contributed by atoms with van der Waals surface area (Å²) < 4.78 is 5.47. The van der Waals surface area contributed by atoms with Crippen LogP contribution in [0.5, 0.6) is 0 Å². The van der Waals surface area contributed by atoms with Crippen molar-refractivity contribution in [1.29, 1.82) is 0 Å². The average molecular weight is 264 g/mol. The highest BCUT2D eigenvalue weighted by Crippen LogP contribution is 2.14. The van der Waals surface area contributed by atoms with Crippen LogP contribution in [0.2, 0.25) is 0 Å². The summed E-state index contributed by atoms with van der Waals surface area (Å²) in [6, 6.07) is 4.94. The van der Waals surface area contributed by atoms with E-state index in [1.165, 1.54) is 0 Å². The SMILES string of the molecule is CC(CC1COCCN1)Nc1ccc(N(C)C)nc1. The van der Waals surface area contributed by atoms with Crippen molar-refractivity contribution in [1.82, 2.24) is 10.3 Å². The van der Waals surface area contributed by atoms with E-state index in [1.54, 1.807) is 0 Å². The van der Waals surface area contributed by atoms with Crippen LogP contribution in [-0.2, 0) is 4.74 Å². The first-order chi connectivity index (χ1) is 9.15. The second-order valence-corrected chi connectivity index (χ2v) is 5.31. The van der Waals surface area contributed by atoms with Crippen molar-refractivity contribution in [2.45, 2.75) is 25.4 Å². The molecule has 2 heterocycles. The number of nitrogens with one attached hydrogen (secondary N) is 2. The van der Waals surface area contributed by atoms with Gasteiger partial charge in [0.05, 0.1) is 25.1 Å². The summed E-state index contributed by atoms with van der Waals surface area (Å²) in [6.45, 7) is 4.78. The highest BCUT2D eigenvalue weighted by atomic mass is 16.5. The molecule has 1 aromatic heterocycles. The summed E-state index contributed by atoms with van der Waals surface area (Å²) in [5, 5.41) is 6.95. The molecule has 106 valence electrons. The first kappa shape index (κ1) is 14.1. The number of pyridine rings is 1. The molecule has 1 aliphatic rings. The molecule has 5 heteroatoms. The number of rotatable bonds is 5. The minimum absolute atomic E-state index is 0.395. The average Bonchev–Trinajstić information content (AvgIpc) is 2.40. The van der Waals surface area contributed by atoms with Crippen LogP contribution in [0.4, 0.5) is 11.5 Å². The number of aromatic nitrogens is 1. The molecular weight excluding hydrogens is 240 g/mol. The highest BCUT2D eigenvalue weighted by molar-refractivity contribution is 5.48. The van der Waals surface area contributed by atoms with E-state index >= 15 is 0 Å². The second-order valence-electron chi connectivity index (χ2n) is 5.31. The third-order valence-electron chi connectivity index (χ3n) is 3.26. The maximum atomic E-state index is 5.47. The molecule has 0 amide bonds. The van der Waals surface area contributed by atoms with Crippen molar-refractivity contribution < 1.29 is 4.74 Å². The summed E-state index contributed by atoms with van der Waals surface area (Å²) >= 11 is 0. The van der Waals surface area contributed by atoms with Crippen molar-refractivity contribution in [2.24, 2.45) is 0 Å². The summed E-state index contributed by atoms with van der Waals surface area (Å²) in [6.07, 6.45) is 2.94. The Kier molecular flexibility index (Phi) is 4.99. The van der Waals surface area contributed by atoms with Gasteiger partial charge >= 0.3 is 0 Å². The van der Waals surface area contributed by atoms with Gasteiger partial charge in [0.15, 0.2) is 0 Å². The molecule has 19 heavy (non-hydrogen) atoms. The molecule has 0 bridgehead atoms. The minimum atomic E-state index is 0.395. The smallest absolute Gasteiger partial charge is 0.128 e. The first-order valence-corrected chi connectivity index (χ1v) is 6.86. The van der Waals surface area contributed by atoms with Crippen LogP contribution < -0.4 is 15.5 Å². The van der Waals surface area contributed by atoms with Crippen molar-refractivity contribution in [3.05, 3.63) is 18.3 Å². The molecule has 2 atom stereocenters. The number of nitrogens with zero attached hydrogens (tertiary/aromatic N) is 2. The van der Waals surface area contributed by atoms with E-state index in [-0.39, 0.29) is 0 Å². The molecule has 2 unspecified atom stereocenters. The Morgan fingerprint density at radius 1 is 1.53 bits per heavy atom. The molecule has 1 aromatic rings. The Hall–Kier alpha value is -1.33. The standard InChI is InChI=1S/C14H24N4O/c1-11(8-13-10-19-7-6-15-13)17-12-4-5-14(16-9-12)18(2)3/h4-5,9,11,13,15,17H,6-8,10H2,1-3H3. The van der Waals surface area contributed by atoms with E-state index in [1.807, 2.05) is 31.3 Å². The van der Waals surface area contributed by atoms with Gasteiger partial charge in [0, 0.05) is 32.7 Å². The number of hydrogen-bond acceptors (Lipinski definition) is 5. The molecule has 1 aliphatic heterocycles. The lowest BCUT2D eigenvalue weighted by atomic mass is 10.1. The summed E-state index contributed by atoms with van der Waals surface area (Å²) in [5.74, 6) is 0.973. The predicted octanol–water partition coefficient (Wildman–Crippen LogP) is 1.33. The number of hydrogen-bond donors (Lipinski definition) is 2. The monoisotopic (exact) mass is 264 g/mol. The maximum Gasteiger partial charge on any atom is 0.128 e. The zero-order chi connectivity index (χ0) is 13.7. The van der Waals surface area contributed by atoms with Gasteiger partial charge in [0.1, 0.15) is 5.82 Å². The van der Waals surface area contributed by atoms with Crippen LogP contribution in [0.3, 0.4) is 0 Å². The van der Waals surface area contributed by atoms with Gasteiger partial charge in [-0.15, -0.1) is 0 Å². The Labute approximate surface area is 115 Å². The Balaban J connectivity index is 1.82. The fourth-order valence-electron chi connectivity index (χ4n) is 2.28. The Morgan fingerprint density at radius 2 is 2.37 bits per heavy atom. The van der Waals surface area contributed by atoms with Crippen LogP contribution >= 0.6 is 0 Å². The largest absolute Gasteiger partial charge is 0.381 e. The molecule has 0 radical (unpaired) electrons. The third-order valence-corrected chi connectivity index (χ3v) is 3.26. The van der Waals surface area contributed by atoms with E-state index in [0.29, 0.717) is 12.1 Å². The first-order valence-electron chi connectivity index (χ1n) is 6.86. The van der Waals surface area contributed by atoms with Gasteiger partial charge in [-0.2, -0.15) is 0 Å². The summed E-state index contributed by atoms with van der Waals surface area (Å²) in [7, 11) is 3.99. The molecular formula is C14H24N4O. The van der Waals surface area contributed by atoms with Crippen molar-refractivity contribution >= 4 is 11.5 Å². The molecule has 1 fully saturated rings. The number of ether oxygens (including phenoxy) is 1. The van der Waals surface area contributed by atoms with Gasteiger partial charge in [0.25, 0.3) is 0 Å². The van der Waals surface area contributed by atoms with Gasteiger partial charge in [0.2, 0.25) is 0 Å². The highest BCUT2D eigenvalue weighted by Gasteiger charge is 2.16. The van der Waals surface area contributed by atoms with E-state index in [2.05, 4.69) is 28.6 Å². The lowest BCUT2D eigenvalue weighted by Crippen LogP contribution is -2.43. The van der Waals surface area contributed by atoms with E-state index in [0.717, 1.165) is 37.7 Å². The fourth-order valence-corrected chi connectivity index (χ4v) is 2.28. The Bertz CT molecular complexity index is 374. The van der Waals surface area contributed by atoms with Gasteiger partial charge in [-0.3, -0.25) is 0 Å². The maximum absolute atomic E-state index is 5.47. The van der Waals surface area contributed by atoms with Crippen LogP contribution in [0.15, 0.2) is 18.3 Å². The lowest BCUT2D eigenvalue weighted by Gasteiger charge is -2.27. The molecule has 0 saturated carbocycles. The van der Waals surface area contributed by atoms with E-state index < -0.39 is 0 Å². The zero-order valence-corrected chi connectivity index (χ0v) is 12.0. The normalized spacial score (nSPS) is 20.9. The molecule has 1 saturated heterocycles. The third kappa shape index (κ3) is 4.36. The topological polar surface area (TPSA) is 49.4 Å². The molecule has 2 N–H and O–H groups in total. The number of anilines is 2. The summed E-state index contributed by atoms with van der Waals surface area (Å²) in [5.41, 5.74) is 1.06. The van der Waals surface area contributed by atoms with Crippen molar-refractivity contribution in [3.63, 3.8) is 0 Å². The van der Waals surface area contributed by atoms with Gasteiger partial charge in [-0.05, 0) is 25.5 Å². The lowest BCUT2D eigenvalue weighted by molar-refractivity contribution is 0.0731.